The van der Waals surface area contributed by atoms with Gasteiger partial charge in [-0.15, -0.1) is 6.58 Å². The van der Waals surface area contributed by atoms with Gasteiger partial charge in [0.15, 0.2) is 0 Å². The van der Waals surface area contributed by atoms with E-state index < -0.39 is 0 Å². The SMILES string of the molecule is C=CCCNC(C)Br. The van der Waals surface area contributed by atoms with E-state index in [0.717, 1.165) is 13.0 Å². The highest BCUT2D eigenvalue weighted by Gasteiger charge is 1.88. The topological polar surface area (TPSA) is 12.0 Å². The van der Waals surface area contributed by atoms with E-state index in [1.165, 1.54) is 0 Å². The third-order valence-corrected chi connectivity index (χ3v) is 1.10. The molecule has 0 aliphatic heterocycles. The molecule has 1 nitrogen and oxygen atoms in total. The van der Waals surface area contributed by atoms with Gasteiger partial charge in [-0.1, -0.05) is 22.0 Å². The third-order valence-electron chi connectivity index (χ3n) is 0.774. The Bertz CT molecular complexity index is 61.5. The maximum absolute atomic E-state index is 3.60. The van der Waals surface area contributed by atoms with Crippen molar-refractivity contribution in [3.05, 3.63) is 12.7 Å². The van der Waals surface area contributed by atoms with Crippen LogP contribution in [0.4, 0.5) is 0 Å². The number of halogens is 1. The van der Waals surface area contributed by atoms with Crippen molar-refractivity contribution in [2.75, 3.05) is 6.54 Å². The van der Waals surface area contributed by atoms with Gasteiger partial charge in [0.25, 0.3) is 0 Å². The molecule has 0 aliphatic carbocycles. The molecule has 0 amide bonds. The molecule has 0 spiro atoms. The molecule has 0 bridgehead atoms. The lowest BCUT2D eigenvalue weighted by Crippen LogP contribution is -2.20. The van der Waals surface area contributed by atoms with Crippen molar-refractivity contribution in [1.82, 2.24) is 5.32 Å². The van der Waals surface area contributed by atoms with E-state index in [1.54, 1.807) is 0 Å². The van der Waals surface area contributed by atoms with Crippen LogP contribution in [-0.4, -0.2) is 11.5 Å². The van der Waals surface area contributed by atoms with Crippen LogP contribution in [0, 0.1) is 0 Å². The van der Waals surface area contributed by atoms with Crippen LogP contribution < -0.4 is 5.32 Å². The first-order chi connectivity index (χ1) is 3.77. The van der Waals surface area contributed by atoms with Crippen LogP contribution in [-0.2, 0) is 0 Å². The Morgan fingerprint density at radius 2 is 2.50 bits per heavy atom. The lowest BCUT2D eigenvalue weighted by atomic mass is 10.4. The first-order valence-electron chi connectivity index (χ1n) is 2.75. The minimum atomic E-state index is 0.419. The van der Waals surface area contributed by atoms with Crippen molar-refractivity contribution in [3.63, 3.8) is 0 Å². The zero-order valence-electron chi connectivity index (χ0n) is 5.15. The van der Waals surface area contributed by atoms with E-state index in [2.05, 4.69) is 34.7 Å². The summed E-state index contributed by atoms with van der Waals surface area (Å²) in [6, 6.07) is 0. The molecule has 0 saturated heterocycles. The summed E-state index contributed by atoms with van der Waals surface area (Å²) in [5.74, 6) is 0. The van der Waals surface area contributed by atoms with E-state index in [0.29, 0.717) is 4.95 Å². The highest BCUT2D eigenvalue weighted by molar-refractivity contribution is 9.09. The Labute approximate surface area is 59.3 Å². The second kappa shape index (κ2) is 5.32. The van der Waals surface area contributed by atoms with Gasteiger partial charge in [0, 0.05) is 0 Å². The Hall–Kier alpha value is 0.180. The molecule has 1 unspecified atom stereocenters. The Morgan fingerprint density at radius 1 is 1.88 bits per heavy atom. The van der Waals surface area contributed by atoms with Crippen LogP contribution in [0.5, 0.6) is 0 Å². The van der Waals surface area contributed by atoms with Crippen LogP contribution in [0.15, 0.2) is 12.7 Å². The summed E-state index contributed by atoms with van der Waals surface area (Å²) in [5.41, 5.74) is 0. The first kappa shape index (κ1) is 8.18. The highest BCUT2D eigenvalue weighted by Crippen LogP contribution is 1.90. The average Bonchev–Trinajstić information content (AvgIpc) is 1.66. The lowest BCUT2D eigenvalue weighted by molar-refractivity contribution is 0.699. The molecule has 0 rings (SSSR count). The van der Waals surface area contributed by atoms with Gasteiger partial charge in [-0.25, -0.2) is 0 Å². The molecule has 0 saturated carbocycles. The van der Waals surface area contributed by atoms with Gasteiger partial charge in [-0.3, -0.25) is 0 Å². The minimum Gasteiger partial charge on any atom is -0.305 e. The Morgan fingerprint density at radius 3 is 2.88 bits per heavy atom. The summed E-state index contributed by atoms with van der Waals surface area (Å²) < 4.78 is 0. The number of rotatable bonds is 4. The lowest BCUT2D eigenvalue weighted by Gasteiger charge is -2.02. The molecule has 0 aliphatic rings. The van der Waals surface area contributed by atoms with Crippen molar-refractivity contribution in [1.29, 1.82) is 0 Å². The quantitative estimate of drug-likeness (QED) is 0.300. The molecule has 0 aromatic rings. The fraction of sp³-hybridized carbons (Fsp3) is 0.667. The summed E-state index contributed by atoms with van der Waals surface area (Å²) in [5, 5.41) is 3.19. The first-order valence-corrected chi connectivity index (χ1v) is 3.67. The predicted molar refractivity (Wildman–Crippen MR) is 41.2 cm³/mol. The van der Waals surface area contributed by atoms with Crippen molar-refractivity contribution in [2.24, 2.45) is 0 Å². The number of hydrogen-bond acceptors (Lipinski definition) is 1. The van der Waals surface area contributed by atoms with E-state index in [-0.39, 0.29) is 0 Å². The molecule has 8 heavy (non-hydrogen) atoms. The fourth-order valence-corrected chi connectivity index (χ4v) is 0.613. The molecule has 2 heteroatoms. The van der Waals surface area contributed by atoms with Gasteiger partial charge in [-0.2, -0.15) is 0 Å². The average molecular weight is 178 g/mol. The van der Waals surface area contributed by atoms with E-state index in [9.17, 15) is 0 Å². The van der Waals surface area contributed by atoms with Crippen molar-refractivity contribution in [2.45, 2.75) is 18.3 Å². The Kier molecular flexibility index (Phi) is 5.44. The maximum Gasteiger partial charge on any atom is 0.0602 e. The monoisotopic (exact) mass is 177 g/mol. The summed E-state index contributed by atoms with van der Waals surface area (Å²) in [4.78, 5) is 0.419. The Balaban J connectivity index is 2.81. The van der Waals surface area contributed by atoms with Gasteiger partial charge in [-0.05, 0) is 19.9 Å². The standard InChI is InChI=1S/C6H12BrN/c1-3-4-5-8-6(2)7/h3,6,8H,1,4-5H2,2H3. The normalized spacial score (nSPS) is 13.2. The maximum atomic E-state index is 3.60. The molecule has 0 fully saturated rings. The van der Waals surface area contributed by atoms with Crippen molar-refractivity contribution >= 4 is 15.9 Å². The van der Waals surface area contributed by atoms with E-state index >= 15 is 0 Å². The number of nitrogens with one attached hydrogen (secondary N) is 1. The van der Waals surface area contributed by atoms with Gasteiger partial charge < -0.3 is 5.32 Å². The summed E-state index contributed by atoms with van der Waals surface area (Å²) in [6.45, 7) is 6.67. The molecular weight excluding hydrogens is 166 g/mol. The van der Waals surface area contributed by atoms with Gasteiger partial charge in [0.2, 0.25) is 0 Å². The minimum absolute atomic E-state index is 0.419. The van der Waals surface area contributed by atoms with Crippen LogP contribution in [0.2, 0.25) is 0 Å². The fourth-order valence-electron chi connectivity index (χ4n) is 0.384. The van der Waals surface area contributed by atoms with Crippen molar-refractivity contribution < 1.29 is 0 Å². The molecule has 0 aromatic carbocycles. The molecule has 1 N–H and O–H groups in total. The zero-order valence-corrected chi connectivity index (χ0v) is 6.74. The second-order valence-corrected chi connectivity index (χ2v) is 3.02. The predicted octanol–water partition coefficient (Wildman–Crippen LogP) is 1.89. The molecule has 48 valence electrons. The second-order valence-electron chi connectivity index (χ2n) is 1.65. The summed E-state index contributed by atoms with van der Waals surface area (Å²) >= 11 is 3.36. The smallest absolute Gasteiger partial charge is 0.0602 e. The number of alkyl halides is 1. The number of hydrogen-bond donors (Lipinski definition) is 1. The van der Waals surface area contributed by atoms with Gasteiger partial charge in [0.05, 0.1) is 4.95 Å². The zero-order chi connectivity index (χ0) is 6.41. The third kappa shape index (κ3) is 6.18. The van der Waals surface area contributed by atoms with E-state index in [1.807, 2.05) is 6.08 Å². The molecule has 1 atom stereocenters. The highest BCUT2D eigenvalue weighted by atomic mass is 79.9. The van der Waals surface area contributed by atoms with Gasteiger partial charge in [0.1, 0.15) is 0 Å². The van der Waals surface area contributed by atoms with Crippen LogP contribution in [0.25, 0.3) is 0 Å². The molecule has 0 radical (unpaired) electrons. The largest absolute Gasteiger partial charge is 0.305 e. The van der Waals surface area contributed by atoms with Gasteiger partial charge >= 0.3 is 0 Å². The summed E-state index contributed by atoms with van der Waals surface area (Å²) in [6.07, 6.45) is 2.94. The molecular formula is C6H12BrN. The molecule has 0 heterocycles. The molecule has 0 aromatic heterocycles. The van der Waals surface area contributed by atoms with Crippen LogP contribution in [0.3, 0.4) is 0 Å². The van der Waals surface area contributed by atoms with Crippen molar-refractivity contribution in [3.8, 4) is 0 Å². The summed E-state index contributed by atoms with van der Waals surface area (Å²) in [7, 11) is 0. The van der Waals surface area contributed by atoms with Crippen LogP contribution >= 0.6 is 15.9 Å². The van der Waals surface area contributed by atoms with Crippen LogP contribution in [0.1, 0.15) is 13.3 Å². The van der Waals surface area contributed by atoms with E-state index in [4.69, 9.17) is 0 Å².